The molecule has 0 N–H and O–H groups in total. The number of alkyl halides is 3. The molecular formula is C27H23F3N4O3S. The molecule has 1 fully saturated rings. The van der Waals surface area contributed by atoms with E-state index in [1.807, 2.05) is 47.8 Å². The van der Waals surface area contributed by atoms with E-state index in [2.05, 4.69) is 10.3 Å². The monoisotopic (exact) mass is 540 g/mol. The van der Waals surface area contributed by atoms with Gasteiger partial charge in [0, 0.05) is 13.1 Å². The number of hydrogen-bond donors (Lipinski definition) is 0. The van der Waals surface area contributed by atoms with E-state index in [1.54, 1.807) is 34.3 Å². The van der Waals surface area contributed by atoms with E-state index < -0.39 is 18.1 Å². The number of rotatable bonds is 5. The number of hydrogen-bond acceptors (Lipinski definition) is 6. The third kappa shape index (κ3) is 5.33. The van der Waals surface area contributed by atoms with Gasteiger partial charge in [-0.15, -0.1) is 16.4 Å². The van der Waals surface area contributed by atoms with Crippen molar-refractivity contribution in [3.63, 3.8) is 0 Å². The molecule has 1 amide bonds. The molecular weight excluding hydrogens is 517 g/mol. The summed E-state index contributed by atoms with van der Waals surface area (Å²) < 4.78 is 44.8. The molecule has 1 saturated heterocycles. The van der Waals surface area contributed by atoms with Crippen LogP contribution in [0.25, 0.3) is 27.4 Å². The lowest BCUT2D eigenvalue weighted by Crippen LogP contribution is -2.45. The second kappa shape index (κ2) is 10.4. The van der Waals surface area contributed by atoms with Crippen LogP contribution in [-0.2, 0) is 9.53 Å². The average Bonchev–Trinajstić information content (AvgIpc) is 3.64. The summed E-state index contributed by atoms with van der Waals surface area (Å²) >= 11 is 1.55. The summed E-state index contributed by atoms with van der Waals surface area (Å²) in [5.74, 6) is -2.20. The Morgan fingerprint density at radius 3 is 2.39 bits per heavy atom. The van der Waals surface area contributed by atoms with Crippen molar-refractivity contribution in [2.24, 2.45) is 0 Å². The minimum absolute atomic E-state index is 0.0594. The van der Waals surface area contributed by atoms with Gasteiger partial charge in [-0.25, -0.2) is 9.48 Å². The van der Waals surface area contributed by atoms with Crippen molar-refractivity contribution in [2.75, 3.05) is 20.2 Å². The number of benzene rings is 2. The summed E-state index contributed by atoms with van der Waals surface area (Å²) in [4.78, 5) is 25.8. The SMILES string of the molecule is COC(=O)c1cc(-c2ccc(C3CCN(C(=O)C(F)(F)F)CC3)cc2)cc(-n2cc(-c3cccs3)nn2)c1. The second-order valence-corrected chi connectivity index (χ2v) is 9.92. The van der Waals surface area contributed by atoms with Crippen LogP contribution in [0.3, 0.4) is 0 Å². The maximum Gasteiger partial charge on any atom is 0.471 e. The quantitative estimate of drug-likeness (QED) is 0.303. The standard InChI is InChI=1S/C27H23F3N4O3S/c1-37-25(35)21-13-20(14-22(15-21)34-16-23(31-32-34)24-3-2-12-38-24)18-6-4-17(5-7-18)19-8-10-33(11-9-19)26(36)27(28,29)30/h2-7,12-16,19H,8-11H2,1H3. The topological polar surface area (TPSA) is 77.3 Å². The molecule has 0 unspecified atom stereocenters. The highest BCUT2D eigenvalue weighted by Crippen LogP contribution is 2.33. The third-order valence-corrected chi connectivity index (χ3v) is 7.50. The van der Waals surface area contributed by atoms with E-state index in [0.29, 0.717) is 24.1 Å². The van der Waals surface area contributed by atoms with Gasteiger partial charge in [0.2, 0.25) is 0 Å². The van der Waals surface area contributed by atoms with Gasteiger partial charge in [-0.05, 0) is 65.1 Å². The van der Waals surface area contributed by atoms with Gasteiger partial charge in [0.25, 0.3) is 0 Å². The van der Waals surface area contributed by atoms with Crippen molar-refractivity contribution < 1.29 is 27.5 Å². The highest BCUT2D eigenvalue weighted by atomic mass is 32.1. The largest absolute Gasteiger partial charge is 0.471 e. The fourth-order valence-corrected chi connectivity index (χ4v) is 5.29. The van der Waals surface area contributed by atoms with Crippen LogP contribution >= 0.6 is 11.3 Å². The lowest BCUT2D eigenvalue weighted by Gasteiger charge is -2.32. The molecule has 0 spiro atoms. The Hall–Kier alpha value is -3.99. The van der Waals surface area contributed by atoms with Crippen LogP contribution in [0.15, 0.2) is 66.2 Å². The summed E-state index contributed by atoms with van der Waals surface area (Å²) in [7, 11) is 1.32. The van der Waals surface area contributed by atoms with Crippen LogP contribution in [0.4, 0.5) is 13.2 Å². The fourth-order valence-electron chi connectivity index (χ4n) is 4.62. The van der Waals surface area contributed by atoms with Crippen molar-refractivity contribution in [1.29, 1.82) is 0 Å². The van der Waals surface area contributed by atoms with E-state index >= 15 is 0 Å². The Morgan fingerprint density at radius 2 is 1.76 bits per heavy atom. The smallest absolute Gasteiger partial charge is 0.465 e. The Bertz CT molecular complexity index is 1440. The van der Waals surface area contributed by atoms with Crippen LogP contribution in [0.5, 0.6) is 0 Å². The van der Waals surface area contributed by atoms with Crippen molar-refractivity contribution in [2.45, 2.75) is 24.9 Å². The summed E-state index contributed by atoms with van der Waals surface area (Å²) in [5, 5.41) is 10.4. The van der Waals surface area contributed by atoms with Crippen LogP contribution < -0.4 is 0 Å². The fraction of sp³-hybridized carbons (Fsp3) is 0.259. The van der Waals surface area contributed by atoms with Gasteiger partial charge in [-0.1, -0.05) is 35.5 Å². The van der Waals surface area contributed by atoms with Crippen molar-refractivity contribution in [3.05, 3.63) is 77.3 Å². The molecule has 1 aliphatic rings. The van der Waals surface area contributed by atoms with Gasteiger partial charge in [0.1, 0.15) is 5.69 Å². The zero-order valence-electron chi connectivity index (χ0n) is 20.3. The minimum Gasteiger partial charge on any atom is -0.465 e. The first kappa shape index (κ1) is 25.7. The lowest BCUT2D eigenvalue weighted by atomic mass is 9.88. The van der Waals surface area contributed by atoms with E-state index in [9.17, 15) is 22.8 Å². The maximum atomic E-state index is 12.7. The number of methoxy groups -OCH3 is 1. The highest BCUT2D eigenvalue weighted by molar-refractivity contribution is 7.13. The molecule has 0 saturated carbocycles. The third-order valence-electron chi connectivity index (χ3n) is 6.61. The normalized spacial score (nSPS) is 14.5. The molecule has 4 aromatic rings. The number of esters is 1. The number of halogens is 3. The molecule has 0 bridgehead atoms. The number of thiophene rings is 1. The van der Waals surface area contributed by atoms with Gasteiger partial charge in [-0.3, -0.25) is 4.79 Å². The number of ether oxygens (including phenoxy) is 1. The summed E-state index contributed by atoms with van der Waals surface area (Å²) in [6.45, 7) is 0.140. The number of amides is 1. The Morgan fingerprint density at radius 1 is 1.03 bits per heavy atom. The highest BCUT2D eigenvalue weighted by Gasteiger charge is 2.43. The zero-order valence-corrected chi connectivity index (χ0v) is 21.1. The van der Waals surface area contributed by atoms with Crippen LogP contribution in [0, 0.1) is 0 Å². The molecule has 0 radical (unpaired) electrons. The van der Waals surface area contributed by atoms with Gasteiger partial charge in [-0.2, -0.15) is 13.2 Å². The average molecular weight is 541 g/mol. The van der Waals surface area contributed by atoms with E-state index in [1.165, 1.54) is 7.11 Å². The molecule has 196 valence electrons. The number of nitrogens with zero attached hydrogens (tertiary/aromatic N) is 4. The maximum absolute atomic E-state index is 12.7. The van der Waals surface area contributed by atoms with Crippen LogP contribution in [0.1, 0.15) is 34.7 Å². The van der Waals surface area contributed by atoms with Crippen LogP contribution in [-0.4, -0.2) is 58.1 Å². The summed E-state index contributed by atoms with van der Waals surface area (Å²) in [5.41, 5.74) is 4.34. The first-order valence-corrected chi connectivity index (χ1v) is 12.8. The predicted molar refractivity (Wildman–Crippen MR) is 136 cm³/mol. The minimum atomic E-state index is -4.84. The molecule has 5 rings (SSSR count). The first-order chi connectivity index (χ1) is 18.2. The van der Waals surface area contributed by atoms with Gasteiger partial charge in [0.15, 0.2) is 0 Å². The van der Waals surface area contributed by atoms with Gasteiger partial charge >= 0.3 is 18.1 Å². The molecule has 2 aromatic heterocycles. The number of piperidine rings is 1. The zero-order chi connectivity index (χ0) is 26.9. The Labute approximate surface area is 220 Å². The molecule has 2 aromatic carbocycles. The number of carbonyl (C=O) groups excluding carboxylic acids is 2. The number of carbonyl (C=O) groups is 2. The Kier molecular flexibility index (Phi) is 7.02. The van der Waals surface area contributed by atoms with E-state index in [-0.39, 0.29) is 19.0 Å². The number of aromatic nitrogens is 3. The van der Waals surface area contributed by atoms with Crippen molar-refractivity contribution >= 4 is 23.2 Å². The second-order valence-electron chi connectivity index (χ2n) is 8.97. The summed E-state index contributed by atoms with van der Waals surface area (Å²) in [6.07, 6.45) is -2.13. The first-order valence-electron chi connectivity index (χ1n) is 11.9. The molecule has 11 heteroatoms. The van der Waals surface area contributed by atoms with Crippen molar-refractivity contribution in [1.82, 2.24) is 19.9 Å². The molecule has 1 aliphatic heterocycles. The number of likely N-dealkylation sites (tertiary alicyclic amines) is 1. The van der Waals surface area contributed by atoms with E-state index in [4.69, 9.17) is 4.74 Å². The molecule has 38 heavy (non-hydrogen) atoms. The predicted octanol–water partition coefficient (Wildman–Crippen LogP) is 5.72. The molecule has 7 nitrogen and oxygen atoms in total. The van der Waals surface area contributed by atoms with Crippen LogP contribution in [0.2, 0.25) is 0 Å². The molecule has 0 aliphatic carbocycles. The van der Waals surface area contributed by atoms with Crippen molar-refractivity contribution in [3.8, 4) is 27.4 Å². The van der Waals surface area contributed by atoms with Gasteiger partial charge in [0.05, 0.1) is 29.4 Å². The Balaban J connectivity index is 1.38. The summed E-state index contributed by atoms with van der Waals surface area (Å²) in [6, 6.07) is 16.9. The molecule has 3 heterocycles. The van der Waals surface area contributed by atoms with E-state index in [0.717, 1.165) is 32.2 Å². The lowest BCUT2D eigenvalue weighted by molar-refractivity contribution is -0.186. The molecule has 0 atom stereocenters. The van der Waals surface area contributed by atoms with Gasteiger partial charge < -0.3 is 9.64 Å².